The molecular weight excluding hydrogens is 242 g/mol. The quantitative estimate of drug-likeness (QED) is 0.680. The van der Waals surface area contributed by atoms with Gasteiger partial charge in [0.25, 0.3) is 0 Å². The van der Waals surface area contributed by atoms with Crippen LogP contribution in [-0.2, 0) is 5.41 Å². The van der Waals surface area contributed by atoms with Gasteiger partial charge in [-0.15, -0.1) is 0 Å². The Hall–Kier alpha value is -0.820. The summed E-state index contributed by atoms with van der Waals surface area (Å²) < 4.78 is 0. The van der Waals surface area contributed by atoms with Gasteiger partial charge in [-0.2, -0.15) is 0 Å². The molecule has 0 bridgehead atoms. The summed E-state index contributed by atoms with van der Waals surface area (Å²) in [7, 11) is 0. The zero-order valence-electron chi connectivity index (χ0n) is 13.1. The summed E-state index contributed by atoms with van der Waals surface area (Å²) >= 11 is 0. The molecular formula is C19H31N. The maximum absolute atomic E-state index is 6.13. The van der Waals surface area contributed by atoms with Crippen molar-refractivity contribution in [1.82, 2.24) is 0 Å². The second-order valence-electron chi connectivity index (χ2n) is 6.65. The molecule has 1 heteroatoms. The van der Waals surface area contributed by atoms with E-state index in [0.29, 0.717) is 11.5 Å². The molecule has 0 unspecified atom stereocenters. The minimum Gasteiger partial charge on any atom is -0.328 e. The third-order valence-electron chi connectivity index (χ3n) is 5.13. The molecule has 0 aliphatic heterocycles. The van der Waals surface area contributed by atoms with E-state index in [4.69, 9.17) is 5.73 Å². The molecule has 20 heavy (non-hydrogen) atoms. The first-order valence-corrected chi connectivity index (χ1v) is 8.58. The van der Waals surface area contributed by atoms with Crippen molar-refractivity contribution in [2.24, 2.45) is 5.73 Å². The van der Waals surface area contributed by atoms with Gasteiger partial charge in [-0.05, 0) is 43.1 Å². The highest BCUT2D eigenvalue weighted by Gasteiger charge is 2.35. The second kappa shape index (κ2) is 7.83. The minimum atomic E-state index is 0.420. The molecule has 0 aromatic heterocycles. The molecule has 0 spiro atoms. The third-order valence-corrected chi connectivity index (χ3v) is 5.13. The van der Waals surface area contributed by atoms with Crippen molar-refractivity contribution in [1.29, 1.82) is 0 Å². The number of rotatable bonds is 7. The molecule has 1 aliphatic carbocycles. The molecule has 1 aliphatic rings. The highest BCUT2D eigenvalue weighted by molar-refractivity contribution is 5.26. The van der Waals surface area contributed by atoms with E-state index in [1.54, 1.807) is 5.56 Å². The van der Waals surface area contributed by atoms with Crippen LogP contribution < -0.4 is 5.73 Å². The Kier molecular flexibility index (Phi) is 6.09. The van der Waals surface area contributed by atoms with Gasteiger partial charge in [0.15, 0.2) is 0 Å². The van der Waals surface area contributed by atoms with E-state index in [9.17, 15) is 0 Å². The molecule has 0 heterocycles. The van der Waals surface area contributed by atoms with E-state index in [-0.39, 0.29) is 0 Å². The summed E-state index contributed by atoms with van der Waals surface area (Å²) in [6.07, 6.45) is 13.2. The smallest absolute Gasteiger partial charge is 0.00394 e. The second-order valence-corrected chi connectivity index (χ2v) is 6.65. The van der Waals surface area contributed by atoms with Crippen LogP contribution >= 0.6 is 0 Å². The lowest BCUT2D eigenvalue weighted by molar-refractivity contribution is 0.246. The van der Waals surface area contributed by atoms with Gasteiger partial charge in [0.2, 0.25) is 0 Å². The molecule has 2 N–H and O–H groups in total. The van der Waals surface area contributed by atoms with E-state index in [1.165, 1.54) is 64.2 Å². The van der Waals surface area contributed by atoms with E-state index >= 15 is 0 Å². The zero-order valence-corrected chi connectivity index (χ0v) is 13.1. The Labute approximate surface area is 125 Å². The van der Waals surface area contributed by atoms with Crippen molar-refractivity contribution < 1.29 is 0 Å². The van der Waals surface area contributed by atoms with Crippen LogP contribution in [-0.4, -0.2) is 6.04 Å². The normalized spacial score (nSPS) is 26.6. The minimum absolute atomic E-state index is 0.420. The molecule has 0 atom stereocenters. The predicted molar refractivity (Wildman–Crippen MR) is 87.9 cm³/mol. The topological polar surface area (TPSA) is 26.0 Å². The standard InChI is InChI=1S/C19H31N/c1-2-3-4-5-9-14-19(15-12-18(20)13-16-19)17-10-7-6-8-11-17/h6-8,10-11,18H,2-5,9,12-16,20H2,1H3. The van der Waals surface area contributed by atoms with Gasteiger partial charge in [0.05, 0.1) is 0 Å². The van der Waals surface area contributed by atoms with Gasteiger partial charge in [0.1, 0.15) is 0 Å². The van der Waals surface area contributed by atoms with Crippen LogP contribution in [0.25, 0.3) is 0 Å². The van der Waals surface area contributed by atoms with Crippen molar-refractivity contribution in [2.75, 3.05) is 0 Å². The van der Waals surface area contributed by atoms with Crippen LogP contribution in [0, 0.1) is 0 Å². The summed E-state index contributed by atoms with van der Waals surface area (Å²) in [5, 5.41) is 0. The maximum atomic E-state index is 6.13. The fraction of sp³-hybridized carbons (Fsp3) is 0.684. The molecule has 112 valence electrons. The van der Waals surface area contributed by atoms with Crippen molar-refractivity contribution in [3.63, 3.8) is 0 Å². The number of unbranched alkanes of at least 4 members (excludes halogenated alkanes) is 4. The lowest BCUT2D eigenvalue weighted by Crippen LogP contribution is -2.37. The first kappa shape index (κ1) is 15.6. The molecule has 1 aromatic carbocycles. The van der Waals surface area contributed by atoms with Gasteiger partial charge in [-0.3, -0.25) is 0 Å². The molecule has 1 nitrogen and oxygen atoms in total. The van der Waals surface area contributed by atoms with Gasteiger partial charge < -0.3 is 5.73 Å². The molecule has 1 fully saturated rings. The maximum Gasteiger partial charge on any atom is 0.00394 e. The Morgan fingerprint density at radius 1 is 1.00 bits per heavy atom. The Bertz CT molecular complexity index is 363. The fourth-order valence-electron chi connectivity index (χ4n) is 3.73. The molecule has 1 aromatic rings. The first-order valence-electron chi connectivity index (χ1n) is 8.58. The monoisotopic (exact) mass is 273 g/mol. The van der Waals surface area contributed by atoms with Crippen LogP contribution in [0.4, 0.5) is 0 Å². The van der Waals surface area contributed by atoms with E-state index in [0.717, 1.165) is 0 Å². The lowest BCUT2D eigenvalue weighted by Gasteiger charge is -2.40. The highest BCUT2D eigenvalue weighted by Crippen LogP contribution is 2.43. The van der Waals surface area contributed by atoms with E-state index in [2.05, 4.69) is 37.3 Å². The van der Waals surface area contributed by atoms with Gasteiger partial charge in [0, 0.05) is 6.04 Å². The van der Waals surface area contributed by atoms with Crippen LogP contribution in [0.5, 0.6) is 0 Å². The van der Waals surface area contributed by atoms with Crippen molar-refractivity contribution in [2.45, 2.75) is 82.6 Å². The van der Waals surface area contributed by atoms with Gasteiger partial charge >= 0.3 is 0 Å². The molecule has 0 saturated heterocycles. The zero-order chi connectivity index (χ0) is 14.3. The summed E-state index contributed by atoms with van der Waals surface area (Å²) in [5.41, 5.74) is 8.11. The fourth-order valence-corrected chi connectivity index (χ4v) is 3.73. The summed E-state index contributed by atoms with van der Waals surface area (Å²) in [5.74, 6) is 0. The number of benzene rings is 1. The van der Waals surface area contributed by atoms with Crippen molar-refractivity contribution in [3.8, 4) is 0 Å². The Balaban J connectivity index is 1.98. The third kappa shape index (κ3) is 4.09. The van der Waals surface area contributed by atoms with Crippen LogP contribution in [0.1, 0.15) is 76.7 Å². The Morgan fingerprint density at radius 2 is 1.65 bits per heavy atom. The Morgan fingerprint density at radius 3 is 2.30 bits per heavy atom. The summed E-state index contributed by atoms with van der Waals surface area (Å²) in [6, 6.07) is 11.6. The van der Waals surface area contributed by atoms with Gasteiger partial charge in [-0.1, -0.05) is 69.4 Å². The van der Waals surface area contributed by atoms with Crippen LogP contribution in [0.2, 0.25) is 0 Å². The average Bonchev–Trinajstić information content (AvgIpc) is 2.50. The lowest BCUT2D eigenvalue weighted by atomic mass is 9.65. The molecule has 0 radical (unpaired) electrons. The van der Waals surface area contributed by atoms with Crippen LogP contribution in [0.3, 0.4) is 0 Å². The van der Waals surface area contributed by atoms with E-state index < -0.39 is 0 Å². The highest BCUT2D eigenvalue weighted by atomic mass is 14.6. The first-order chi connectivity index (χ1) is 9.77. The van der Waals surface area contributed by atoms with Crippen molar-refractivity contribution >= 4 is 0 Å². The van der Waals surface area contributed by atoms with Crippen molar-refractivity contribution in [3.05, 3.63) is 35.9 Å². The molecule has 2 rings (SSSR count). The average molecular weight is 273 g/mol. The van der Waals surface area contributed by atoms with E-state index in [1.807, 2.05) is 0 Å². The van der Waals surface area contributed by atoms with Gasteiger partial charge in [-0.25, -0.2) is 0 Å². The largest absolute Gasteiger partial charge is 0.328 e. The predicted octanol–water partition coefficient (Wildman–Crippen LogP) is 5.19. The number of hydrogen-bond acceptors (Lipinski definition) is 1. The van der Waals surface area contributed by atoms with Crippen LogP contribution in [0.15, 0.2) is 30.3 Å². The SMILES string of the molecule is CCCCCCCC1(c2ccccc2)CCC(N)CC1. The number of nitrogens with two attached hydrogens (primary N) is 1. The number of hydrogen-bond donors (Lipinski definition) is 1. The molecule has 1 saturated carbocycles. The summed E-state index contributed by atoms with van der Waals surface area (Å²) in [4.78, 5) is 0. The summed E-state index contributed by atoms with van der Waals surface area (Å²) in [6.45, 7) is 2.29. The molecule has 0 amide bonds.